The Morgan fingerprint density at radius 2 is 2.00 bits per heavy atom. The van der Waals surface area contributed by atoms with E-state index in [1.54, 1.807) is 0 Å². The van der Waals surface area contributed by atoms with Crippen LogP contribution in [-0.4, -0.2) is 54.4 Å². The van der Waals surface area contributed by atoms with Gasteiger partial charge in [-0.05, 0) is 13.0 Å². The fourth-order valence-electron chi connectivity index (χ4n) is 1.33. The Morgan fingerprint density at radius 3 is 2.62 bits per heavy atom. The molecule has 0 amide bonds. The molecule has 1 aliphatic heterocycles. The summed E-state index contributed by atoms with van der Waals surface area (Å²) in [6, 6.07) is 0. The molecule has 0 bridgehead atoms. The van der Waals surface area contributed by atoms with Crippen molar-refractivity contribution in [3.8, 4) is 0 Å². The molecule has 0 spiro atoms. The van der Waals surface area contributed by atoms with Crippen molar-refractivity contribution in [3.63, 3.8) is 0 Å². The van der Waals surface area contributed by atoms with Crippen molar-refractivity contribution in [1.29, 1.82) is 0 Å². The van der Waals surface area contributed by atoms with E-state index in [1.807, 2.05) is 11.8 Å². The Bertz CT molecular complexity index is 272. The van der Waals surface area contributed by atoms with Crippen LogP contribution in [0.5, 0.6) is 0 Å². The molecule has 0 saturated carbocycles. The quantitative estimate of drug-likeness (QED) is 0.526. The Morgan fingerprint density at radius 1 is 1.31 bits per heavy atom. The van der Waals surface area contributed by atoms with Crippen LogP contribution < -0.4 is 0 Å². The number of carbonyl (C=O) groups excluding carboxylic acids is 2. The molecule has 4 nitrogen and oxygen atoms in total. The number of ketones is 1. The van der Waals surface area contributed by atoms with Crippen LogP contribution in [0.25, 0.3) is 0 Å². The standard InChI is InChI=1S/C11H17NO3S/c1-10(13)2-3-11(14)15-7-4-12-5-8-16-9-6-12/h2-3H,4-9H2,1H3/b3-2+. The lowest BCUT2D eigenvalue weighted by Crippen LogP contribution is -2.35. The lowest BCUT2D eigenvalue weighted by molar-refractivity contribution is -0.138. The summed E-state index contributed by atoms with van der Waals surface area (Å²) in [7, 11) is 0. The highest BCUT2D eigenvalue weighted by Crippen LogP contribution is 2.08. The molecule has 0 aliphatic carbocycles. The zero-order valence-electron chi connectivity index (χ0n) is 9.48. The SMILES string of the molecule is CC(=O)/C=C/C(=O)OCCN1CCSCC1. The number of thioether (sulfide) groups is 1. The summed E-state index contributed by atoms with van der Waals surface area (Å²) in [6.45, 7) is 4.69. The Hall–Kier alpha value is -0.810. The number of allylic oxidation sites excluding steroid dienone is 1. The Kier molecular flexibility index (Phi) is 6.18. The normalized spacial score (nSPS) is 17.6. The predicted octanol–water partition coefficient (Wildman–Crippen LogP) is 0.724. The van der Waals surface area contributed by atoms with E-state index >= 15 is 0 Å². The van der Waals surface area contributed by atoms with Crippen molar-refractivity contribution in [2.75, 3.05) is 37.7 Å². The fourth-order valence-corrected chi connectivity index (χ4v) is 2.31. The third kappa shape index (κ3) is 5.92. The van der Waals surface area contributed by atoms with Crippen LogP contribution >= 0.6 is 11.8 Å². The summed E-state index contributed by atoms with van der Waals surface area (Å²) in [4.78, 5) is 23.9. The first-order chi connectivity index (χ1) is 7.68. The molecule has 5 heteroatoms. The van der Waals surface area contributed by atoms with Crippen LogP contribution in [0.1, 0.15) is 6.92 Å². The summed E-state index contributed by atoms with van der Waals surface area (Å²) < 4.78 is 4.97. The highest BCUT2D eigenvalue weighted by Gasteiger charge is 2.10. The molecule has 90 valence electrons. The van der Waals surface area contributed by atoms with Gasteiger partial charge in [0.2, 0.25) is 0 Å². The minimum atomic E-state index is -0.443. The van der Waals surface area contributed by atoms with E-state index < -0.39 is 5.97 Å². The van der Waals surface area contributed by atoms with Gasteiger partial charge in [-0.15, -0.1) is 0 Å². The molecule has 0 aromatic carbocycles. The van der Waals surface area contributed by atoms with Gasteiger partial charge in [-0.2, -0.15) is 11.8 Å². The van der Waals surface area contributed by atoms with Crippen molar-refractivity contribution in [1.82, 2.24) is 4.90 Å². The third-order valence-electron chi connectivity index (χ3n) is 2.21. The van der Waals surface area contributed by atoms with E-state index in [1.165, 1.54) is 19.1 Å². The monoisotopic (exact) mass is 243 g/mol. The summed E-state index contributed by atoms with van der Waals surface area (Å²) in [5.74, 6) is 1.71. The lowest BCUT2D eigenvalue weighted by Gasteiger charge is -2.25. The van der Waals surface area contributed by atoms with E-state index in [9.17, 15) is 9.59 Å². The van der Waals surface area contributed by atoms with E-state index in [-0.39, 0.29) is 5.78 Å². The van der Waals surface area contributed by atoms with Gasteiger partial charge in [0.25, 0.3) is 0 Å². The second-order valence-electron chi connectivity index (χ2n) is 3.57. The van der Waals surface area contributed by atoms with Crippen molar-refractivity contribution in [2.45, 2.75) is 6.92 Å². The molecule has 0 radical (unpaired) electrons. The highest BCUT2D eigenvalue weighted by molar-refractivity contribution is 7.99. The number of rotatable bonds is 5. The molecule has 1 rings (SSSR count). The van der Waals surface area contributed by atoms with Crippen LogP contribution in [0.4, 0.5) is 0 Å². The number of ether oxygens (including phenoxy) is 1. The maximum atomic E-state index is 11.1. The van der Waals surface area contributed by atoms with Crippen LogP contribution in [0.3, 0.4) is 0 Å². The van der Waals surface area contributed by atoms with Crippen molar-refractivity contribution < 1.29 is 14.3 Å². The van der Waals surface area contributed by atoms with Crippen LogP contribution in [0, 0.1) is 0 Å². The maximum absolute atomic E-state index is 11.1. The highest BCUT2D eigenvalue weighted by atomic mass is 32.2. The predicted molar refractivity (Wildman–Crippen MR) is 64.5 cm³/mol. The summed E-state index contributed by atoms with van der Waals surface area (Å²) in [5.41, 5.74) is 0. The van der Waals surface area contributed by atoms with Gasteiger partial charge in [0.05, 0.1) is 0 Å². The van der Waals surface area contributed by atoms with Crippen molar-refractivity contribution in [3.05, 3.63) is 12.2 Å². The van der Waals surface area contributed by atoms with Crippen LogP contribution in [0.2, 0.25) is 0 Å². The molecule has 0 atom stereocenters. The van der Waals surface area contributed by atoms with Gasteiger partial charge < -0.3 is 4.74 Å². The molecule has 0 aromatic rings. The summed E-state index contributed by atoms with van der Waals surface area (Å²) in [6.07, 6.45) is 2.40. The first kappa shape index (κ1) is 13.3. The zero-order chi connectivity index (χ0) is 11.8. The first-order valence-corrected chi connectivity index (χ1v) is 6.49. The molecular formula is C11H17NO3S. The average Bonchev–Trinajstić information content (AvgIpc) is 2.28. The van der Waals surface area contributed by atoms with E-state index in [0.29, 0.717) is 6.61 Å². The van der Waals surface area contributed by atoms with Gasteiger partial charge in [0.15, 0.2) is 5.78 Å². The van der Waals surface area contributed by atoms with Gasteiger partial charge >= 0.3 is 5.97 Å². The van der Waals surface area contributed by atoms with Crippen molar-refractivity contribution >= 4 is 23.5 Å². The third-order valence-corrected chi connectivity index (χ3v) is 3.15. The number of esters is 1. The Balaban J connectivity index is 2.09. The molecule has 0 aromatic heterocycles. The second-order valence-corrected chi connectivity index (χ2v) is 4.79. The molecule has 1 aliphatic rings. The molecule has 0 unspecified atom stereocenters. The van der Waals surface area contributed by atoms with Gasteiger partial charge in [-0.3, -0.25) is 9.69 Å². The number of hydrogen-bond acceptors (Lipinski definition) is 5. The molecule has 16 heavy (non-hydrogen) atoms. The van der Waals surface area contributed by atoms with Crippen LogP contribution in [-0.2, 0) is 14.3 Å². The summed E-state index contributed by atoms with van der Waals surface area (Å²) >= 11 is 1.95. The number of nitrogens with zero attached hydrogens (tertiary/aromatic N) is 1. The Labute approximate surface area is 100 Å². The minimum Gasteiger partial charge on any atom is -0.461 e. The van der Waals surface area contributed by atoms with Gasteiger partial charge in [0, 0.05) is 37.2 Å². The molecule has 1 saturated heterocycles. The first-order valence-electron chi connectivity index (χ1n) is 5.34. The number of hydrogen-bond donors (Lipinski definition) is 0. The van der Waals surface area contributed by atoms with Crippen molar-refractivity contribution in [2.24, 2.45) is 0 Å². The zero-order valence-corrected chi connectivity index (χ0v) is 10.3. The topological polar surface area (TPSA) is 46.6 Å². The lowest BCUT2D eigenvalue weighted by atomic mass is 10.4. The smallest absolute Gasteiger partial charge is 0.330 e. The molecule has 1 heterocycles. The fraction of sp³-hybridized carbons (Fsp3) is 0.636. The van der Waals surface area contributed by atoms with Gasteiger partial charge in [-0.1, -0.05) is 0 Å². The van der Waals surface area contributed by atoms with E-state index in [2.05, 4.69) is 4.90 Å². The maximum Gasteiger partial charge on any atom is 0.330 e. The number of carbonyl (C=O) groups is 2. The summed E-state index contributed by atoms with van der Waals surface area (Å²) in [5, 5.41) is 0. The van der Waals surface area contributed by atoms with Gasteiger partial charge in [-0.25, -0.2) is 4.79 Å². The van der Waals surface area contributed by atoms with E-state index in [4.69, 9.17) is 4.74 Å². The molecule has 0 N–H and O–H groups in total. The molecule has 1 fully saturated rings. The largest absolute Gasteiger partial charge is 0.461 e. The minimum absolute atomic E-state index is 0.148. The van der Waals surface area contributed by atoms with Crippen LogP contribution in [0.15, 0.2) is 12.2 Å². The average molecular weight is 243 g/mol. The van der Waals surface area contributed by atoms with Gasteiger partial charge in [0.1, 0.15) is 6.61 Å². The molecular weight excluding hydrogens is 226 g/mol. The second kappa shape index (κ2) is 7.46. The van der Waals surface area contributed by atoms with E-state index in [0.717, 1.165) is 31.1 Å².